The first-order valence-corrected chi connectivity index (χ1v) is 8.95. The lowest BCUT2D eigenvalue weighted by atomic mass is 9.98. The highest BCUT2D eigenvalue weighted by atomic mass is 19.1. The van der Waals surface area contributed by atoms with Crippen molar-refractivity contribution in [2.75, 3.05) is 0 Å². The van der Waals surface area contributed by atoms with Crippen molar-refractivity contribution in [1.29, 1.82) is 0 Å². The Morgan fingerprint density at radius 1 is 1.23 bits per heavy atom. The summed E-state index contributed by atoms with van der Waals surface area (Å²) < 4.78 is 19.0. The zero-order chi connectivity index (χ0) is 18.1. The van der Waals surface area contributed by atoms with Crippen LogP contribution in [0.5, 0.6) is 0 Å². The summed E-state index contributed by atoms with van der Waals surface area (Å²) in [6.07, 6.45) is 4.43. The fourth-order valence-electron chi connectivity index (χ4n) is 3.82. The van der Waals surface area contributed by atoms with Crippen LogP contribution in [0.15, 0.2) is 48.5 Å². The van der Waals surface area contributed by atoms with Crippen molar-refractivity contribution in [3.63, 3.8) is 0 Å². The Kier molecular flexibility index (Phi) is 4.45. The molecule has 0 N–H and O–H groups in total. The van der Waals surface area contributed by atoms with Crippen molar-refractivity contribution in [1.82, 2.24) is 9.88 Å². The van der Waals surface area contributed by atoms with Gasteiger partial charge >= 0.3 is 6.09 Å². The van der Waals surface area contributed by atoms with E-state index in [-0.39, 0.29) is 30.6 Å². The molecule has 2 aromatic rings. The molecule has 1 aromatic heterocycles. The number of hydrogen-bond donors (Lipinski definition) is 0. The zero-order valence-corrected chi connectivity index (χ0v) is 14.7. The third-order valence-electron chi connectivity index (χ3n) is 5.16. The second-order valence-electron chi connectivity index (χ2n) is 6.91. The standard InChI is InChI=1S/C21H21FN2O2/c1-14-19(22)9-10-20(23-14)16-11-17-7-8-18(12-16)24(17)21(25)26-13-15-5-3-2-4-6-15/h2-6,9-11,17-18H,7-8,12-13H2,1H3. The number of aromatic nitrogens is 1. The molecule has 3 heterocycles. The lowest BCUT2D eigenvalue weighted by molar-refractivity contribution is 0.0832. The SMILES string of the molecule is Cc1nc(C2=CC3CCC(C2)N3C(=O)OCc2ccccc2)ccc1F. The third-order valence-corrected chi connectivity index (χ3v) is 5.16. The molecule has 0 saturated carbocycles. The molecule has 134 valence electrons. The van der Waals surface area contributed by atoms with Gasteiger partial charge in [-0.2, -0.15) is 0 Å². The van der Waals surface area contributed by atoms with Gasteiger partial charge in [-0.25, -0.2) is 9.18 Å². The van der Waals surface area contributed by atoms with Crippen molar-refractivity contribution in [2.24, 2.45) is 0 Å². The van der Waals surface area contributed by atoms with E-state index >= 15 is 0 Å². The number of halogens is 1. The fraction of sp³-hybridized carbons (Fsp3) is 0.333. The smallest absolute Gasteiger partial charge is 0.410 e. The van der Waals surface area contributed by atoms with Crippen LogP contribution in [-0.2, 0) is 11.3 Å². The number of amides is 1. The van der Waals surface area contributed by atoms with Gasteiger partial charge in [-0.1, -0.05) is 36.4 Å². The van der Waals surface area contributed by atoms with Crippen LogP contribution >= 0.6 is 0 Å². The number of pyridine rings is 1. The second kappa shape index (κ2) is 6.90. The number of nitrogens with zero attached hydrogens (tertiary/aromatic N) is 2. The molecule has 2 aliphatic rings. The molecular weight excluding hydrogens is 331 g/mol. The average molecular weight is 352 g/mol. The van der Waals surface area contributed by atoms with E-state index in [0.29, 0.717) is 5.69 Å². The Morgan fingerprint density at radius 2 is 2.04 bits per heavy atom. The van der Waals surface area contributed by atoms with E-state index in [1.807, 2.05) is 35.2 Å². The minimum Gasteiger partial charge on any atom is -0.445 e. The molecule has 1 fully saturated rings. The summed E-state index contributed by atoms with van der Waals surface area (Å²) in [6.45, 7) is 1.95. The van der Waals surface area contributed by atoms with Gasteiger partial charge in [-0.3, -0.25) is 9.88 Å². The first kappa shape index (κ1) is 16.8. The predicted octanol–water partition coefficient (Wildman–Crippen LogP) is 4.49. The third kappa shape index (κ3) is 3.21. The van der Waals surface area contributed by atoms with Crippen LogP contribution in [0.1, 0.15) is 36.2 Å². The molecular formula is C21H21FN2O2. The average Bonchev–Trinajstić information content (AvgIpc) is 2.92. The molecule has 4 rings (SSSR count). The molecule has 4 nitrogen and oxygen atoms in total. The van der Waals surface area contributed by atoms with Gasteiger partial charge in [0.25, 0.3) is 0 Å². The van der Waals surface area contributed by atoms with Crippen LogP contribution < -0.4 is 0 Å². The summed E-state index contributed by atoms with van der Waals surface area (Å²) in [5, 5.41) is 0. The van der Waals surface area contributed by atoms with E-state index in [2.05, 4.69) is 11.1 Å². The van der Waals surface area contributed by atoms with Gasteiger partial charge in [0.1, 0.15) is 12.4 Å². The number of ether oxygens (including phenoxy) is 1. The number of aryl methyl sites for hydroxylation is 1. The topological polar surface area (TPSA) is 42.4 Å². The minimum absolute atomic E-state index is 0.0270. The van der Waals surface area contributed by atoms with Gasteiger partial charge in [-0.15, -0.1) is 0 Å². The van der Waals surface area contributed by atoms with Gasteiger partial charge in [0, 0.05) is 6.04 Å². The summed E-state index contributed by atoms with van der Waals surface area (Å²) in [5.41, 5.74) is 3.28. The Bertz CT molecular complexity index is 850. The molecule has 1 amide bonds. The van der Waals surface area contributed by atoms with Gasteiger partial charge in [-0.05, 0) is 49.5 Å². The molecule has 1 saturated heterocycles. The molecule has 2 bridgehead atoms. The molecule has 26 heavy (non-hydrogen) atoms. The normalized spacial score (nSPS) is 21.5. The monoisotopic (exact) mass is 352 g/mol. The Morgan fingerprint density at radius 3 is 2.77 bits per heavy atom. The van der Waals surface area contributed by atoms with Crippen LogP contribution in [0.2, 0.25) is 0 Å². The lowest BCUT2D eigenvalue weighted by Crippen LogP contribution is -2.43. The number of carbonyl (C=O) groups excluding carboxylic acids is 1. The maximum absolute atomic E-state index is 13.5. The summed E-state index contributed by atoms with van der Waals surface area (Å²) in [4.78, 5) is 18.8. The predicted molar refractivity (Wildman–Crippen MR) is 96.8 cm³/mol. The van der Waals surface area contributed by atoms with Gasteiger partial charge in [0.15, 0.2) is 0 Å². The second-order valence-corrected chi connectivity index (χ2v) is 6.91. The van der Waals surface area contributed by atoms with Gasteiger partial charge < -0.3 is 4.74 Å². The molecule has 2 aliphatic heterocycles. The quantitative estimate of drug-likeness (QED) is 0.818. The Hall–Kier alpha value is -2.69. The van der Waals surface area contributed by atoms with Gasteiger partial charge in [0.05, 0.1) is 17.4 Å². The molecule has 2 atom stereocenters. The van der Waals surface area contributed by atoms with Crippen molar-refractivity contribution < 1.29 is 13.9 Å². The van der Waals surface area contributed by atoms with E-state index < -0.39 is 0 Å². The lowest BCUT2D eigenvalue weighted by Gasteiger charge is -2.33. The first-order valence-electron chi connectivity index (χ1n) is 8.95. The summed E-state index contributed by atoms with van der Waals surface area (Å²) >= 11 is 0. The fourth-order valence-corrected chi connectivity index (χ4v) is 3.82. The van der Waals surface area contributed by atoms with Crippen molar-refractivity contribution in [2.45, 2.75) is 44.9 Å². The largest absolute Gasteiger partial charge is 0.445 e. The summed E-state index contributed by atoms with van der Waals surface area (Å²) in [6, 6.07) is 13.0. The molecule has 5 heteroatoms. The molecule has 0 spiro atoms. The molecule has 0 radical (unpaired) electrons. The first-order chi connectivity index (χ1) is 12.6. The maximum Gasteiger partial charge on any atom is 0.410 e. The summed E-state index contributed by atoms with van der Waals surface area (Å²) in [5.74, 6) is -0.292. The highest BCUT2D eigenvalue weighted by Crippen LogP contribution is 2.38. The van der Waals surface area contributed by atoms with Gasteiger partial charge in [0.2, 0.25) is 0 Å². The maximum atomic E-state index is 13.5. The number of benzene rings is 1. The molecule has 0 aliphatic carbocycles. The molecule has 1 aromatic carbocycles. The number of rotatable bonds is 3. The van der Waals surface area contributed by atoms with E-state index in [1.54, 1.807) is 13.0 Å². The number of hydrogen-bond acceptors (Lipinski definition) is 3. The van der Waals surface area contributed by atoms with Crippen LogP contribution in [0.25, 0.3) is 5.57 Å². The highest BCUT2D eigenvalue weighted by molar-refractivity contribution is 5.74. The zero-order valence-electron chi connectivity index (χ0n) is 14.7. The van der Waals surface area contributed by atoms with Crippen LogP contribution in [0.4, 0.5) is 9.18 Å². The summed E-state index contributed by atoms with van der Waals surface area (Å²) in [7, 11) is 0. The van der Waals surface area contributed by atoms with Crippen LogP contribution in [0, 0.1) is 12.7 Å². The Balaban J connectivity index is 1.47. The van der Waals surface area contributed by atoms with Crippen LogP contribution in [-0.4, -0.2) is 28.1 Å². The van der Waals surface area contributed by atoms with Crippen molar-refractivity contribution in [3.8, 4) is 0 Å². The van der Waals surface area contributed by atoms with E-state index in [0.717, 1.165) is 36.1 Å². The Labute approximate surface area is 152 Å². The number of fused-ring (bicyclic) bond motifs is 2. The molecule has 2 unspecified atom stereocenters. The van der Waals surface area contributed by atoms with E-state index in [9.17, 15) is 9.18 Å². The van der Waals surface area contributed by atoms with E-state index in [1.165, 1.54) is 6.07 Å². The highest BCUT2D eigenvalue weighted by Gasteiger charge is 2.40. The van der Waals surface area contributed by atoms with Crippen molar-refractivity contribution >= 4 is 11.7 Å². The van der Waals surface area contributed by atoms with Crippen LogP contribution in [0.3, 0.4) is 0 Å². The van der Waals surface area contributed by atoms with Crippen molar-refractivity contribution in [3.05, 3.63) is 71.3 Å². The minimum atomic E-state index is -0.292. The van der Waals surface area contributed by atoms with E-state index in [4.69, 9.17) is 4.74 Å². The number of carbonyl (C=O) groups is 1.